The van der Waals surface area contributed by atoms with Crippen LogP contribution in [0.4, 0.5) is 0 Å². The summed E-state index contributed by atoms with van der Waals surface area (Å²) in [6.07, 6.45) is 0. The van der Waals surface area contributed by atoms with Gasteiger partial charge in [-0.2, -0.15) is 0 Å². The van der Waals surface area contributed by atoms with Crippen molar-refractivity contribution in [1.82, 2.24) is 9.80 Å². The number of nitrogens with zero attached hydrogens (tertiary/aromatic N) is 4. The van der Waals surface area contributed by atoms with E-state index in [1.165, 1.54) is 0 Å². The van der Waals surface area contributed by atoms with Crippen LogP contribution < -0.4 is 0 Å². The zero-order chi connectivity index (χ0) is 28.3. The molecule has 0 unspecified atom stereocenters. The molecule has 0 bridgehead atoms. The Kier molecular flexibility index (Phi) is 11.2. The lowest BCUT2D eigenvalue weighted by atomic mass is 9.85. The van der Waals surface area contributed by atoms with Crippen molar-refractivity contribution >= 4 is 23.0 Å². The lowest BCUT2D eigenvalue weighted by Crippen LogP contribution is -2.28. The number of halogens is 1. The first-order chi connectivity index (χ1) is 19.6. The van der Waals surface area contributed by atoms with Crippen LogP contribution in [0.2, 0.25) is 5.02 Å². The quantitative estimate of drug-likeness (QED) is 0.168. The van der Waals surface area contributed by atoms with E-state index in [-0.39, 0.29) is 5.92 Å². The lowest BCUT2D eigenvalue weighted by Gasteiger charge is -2.22. The standard InChI is InChI=1S/C33H41ClN4O2/c1-5-37(6-2)21-23-39-35-32-29-15-11-9-13-27(29)28-14-10-12-16-30(28)33(36-40-24-22-38(7-3)8-4)31(32)25-17-19-26(34)20-18-25/h9-20,31H,5-8,21-24H2,1-4H3. The highest BCUT2D eigenvalue weighted by Crippen LogP contribution is 2.39. The third kappa shape index (κ3) is 7.11. The zero-order valence-corrected chi connectivity index (χ0v) is 24.9. The predicted octanol–water partition coefficient (Wildman–Crippen LogP) is 6.93. The summed E-state index contributed by atoms with van der Waals surface area (Å²) in [6.45, 7) is 15.2. The minimum absolute atomic E-state index is 0.316. The summed E-state index contributed by atoms with van der Waals surface area (Å²) in [5, 5.41) is 10.3. The summed E-state index contributed by atoms with van der Waals surface area (Å²) in [5.74, 6) is -0.316. The largest absolute Gasteiger partial charge is 0.394 e. The Morgan fingerprint density at radius 2 is 1.00 bits per heavy atom. The lowest BCUT2D eigenvalue weighted by molar-refractivity contribution is 0.112. The van der Waals surface area contributed by atoms with Gasteiger partial charge in [-0.25, -0.2) is 0 Å². The van der Waals surface area contributed by atoms with E-state index >= 15 is 0 Å². The Hall–Kier alpha value is -3.19. The van der Waals surface area contributed by atoms with E-state index in [4.69, 9.17) is 31.6 Å². The van der Waals surface area contributed by atoms with Crippen molar-refractivity contribution in [2.75, 3.05) is 52.5 Å². The van der Waals surface area contributed by atoms with Crippen LogP contribution in [0, 0.1) is 0 Å². The summed E-state index contributed by atoms with van der Waals surface area (Å²) >= 11 is 6.32. The third-order valence-electron chi connectivity index (χ3n) is 7.56. The van der Waals surface area contributed by atoms with E-state index < -0.39 is 0 Å². The Morgan fingerprint density at radius 3 is 1.40 bits per heavy atom. The van der Waals surface area contributed by atoms with Crippen LogP contribution in [-0.4, -0.2) is 73.7 Å². The van der Waals surface area contributed by atoms with Crippen molar-refractivity contribution in [3.8, 4) is 11.1 Å². The fourth-order valence-corrected chi connectivity index (χ4v) is 5.27. The fraction of sp³-hybridized carbons (Fsp3) is 0.394. The minimum Gasteiger partial charge on any atom is -0.394 e. The molecule has 1 aliphatic rings. The van der Waals surface area contributed by atoms with Crippen LogP contribution >= 0.6 is 11.6 Å². The summed E-state index contributed by atoms with van der Waals surface area (Å²) in [4.78, 5) is 16.7. The third-order valence-corrected chi connectivity index (χ3v) is 7.81. The fourth-order valence-electron chi connectivity index (χ4n) is 5.15. The molecule has 7 heteroatoms. The summed E-state index contributed by atoms with van der Waals surface area (Å²) in [5.41, 5.74) is 6.86. The van der Waals surface area contributed by atoms with Gasteiger partial charge in [-0.1, -0.05) is 110 Å². The van der Waals surface area contributed by atoms with E-state index in [2.05, 4.69) is 86.0 Å². The van der Waals surface area contributed by atoms with Gasteiger partial charge in [-0.3, -0.25) is 0 Å². The number of rotatable bonds is 13. The van der Waals surface area contributed by atoms with Gasteiger partial charge >= 0.3 is 0 Å². The molecule has 212 valence electrons. The van der Waals surface area contributed by atoms with Gasteiger partial charge in [0, 0.05) is 29.2 Å². The SMILES string of the molecule is CCN(CC)CCON=C1c2ccccc2-c2ccccc2C(=NOCCN(CC)CC)C1c1ccc(Cl)cc1. The maximum atomic E-state index is 6.32. The van der Waals surface area contributed by atoms with Crippen LogP contribution in [0.1, 0.15) is 50.3 Å². The van der Waals surface area contributed by atoms with Crippen molar-refractivity contribution in [2.45, 2.75) is 33.6 Å². The first-order valence-electron chi connectivity index (χ1n) is 14.4. The van der Waals surface area contributed by atoms with Crippen LogP contribution in [0.25, 0.3) is 11.1 Å². The van der Waals surface area contributed by atoms with Crippen molar-refractivity contribution in [3.05, 3.63) is 94.5 Å². The molecule has 3 aromatic rings. The van der Waals surface area contributed by atoms with Crippen molar-refractivity contribution in [1.29, 1.82) is 0 Å². The molecule has 6 nitrogen and oxygen atoms in total. The molecule has 0 radical (unpaired) electrons. The van der Waals surface area contributed by atoms with Gasteiger partial charge in [0.2, 0.25) is 0 Å². The highest BCUT2D eigenvalue weighted by Gasteiger charge is 2.34. The summed E-state index contributed by atoms with van der Waals surface area (Å²) in [6, 6.07) is 24.7. The van der Waals surface area contributed by atoms with E-state index in [0.29, 0.717) is 18.2 Å². The van der Waals surface area contributed by atoms with Gasteiger partial charge in [0.05, 0.1) is 5.92 Å². The molecule has 40 heavy (non-hydrogen) atoms. The Balaban J connectivity index is 1.83. The van der Waals surface area contributed by atoms with Gasteiger partial charge in [0.1, 0.15) is 24.6 Å². The Labute approximate surface area is 244 Å². The number of likely N-dealkylation sites (N-methyl/N-ethyl adjacent to an activating group) is 2. The predicted molar refractivity (Wildman–Crippen MR) is 167 cm³/mol. The molecule has 0 atom stereocenters. The maximum Gasteiger partial charge on any atom is 0.129 e. The molecule has 0 amide bonds. The molecule has 0 N–H and O–H groups in total. The molecule has 0 aliphatic heterocycles. The number of oxime groups is 2. The van der Waals surface area contributed by atoms with E-state index in [9.17, 15) is 0 Å². The van der Waals surface area contributed by atoms with Crippen LogP contribution in [-0.2, 0) is 9.68 Å². The van der Waals surface area contributed by atoms with Crippen LogP contribution in [0.15, 0.2) is 83.1 Å². The number of hydrogen-bond acceptors (Lipinski definition) is 6. The molecular formula is C33H41ClN4O2. The van der Waals surface area contributed by atoms with Gasteiger partial charge < -0.3 is 19.5 Å². The molecule has 1 aliphatic carbocycles. The molecule has 0 saturated heterocycles. The van der Waals surface area contributed by atoms with Crippen molar-refractivity contribution in [2.24, 2.45) is 10.3 Å². The van der Waals surface area contributed by atoms with Gasteiger partial charge in [0.25, 0.3) is 0 Å². The maximum absolute atomic E-state index is 6.32. The van der Waals surface area contributed by atoms with Crippen molar-refractivity contribution < 1.29 is 9.68 Å². The molecule has 4 rings (SSSR count). The summed E-state index contributed by atoms with van der Waals surface area (Å²) < 4.78 is 0. The first kappa shape index (κ1) is 29.8. The minimum atomic E-state index is -0.316. The first-order valence-corrected chi connectivity index (χ1v) is 14.8. The molecule has 0 fully saturated rings. The molecule has 0 aromatic heterocycles. The second-order valence-electron chi connectivity index (χ2n) is 9.75. The van der Waals surface area contributed by atoms with Crippen LogP contribution in [0.5, 0.6) is 0 Å². The van der Waals surface area contributed by atoms with E-state index in [1.807, 2.05) is 24.3 Å². The molecule has 0 spiro atoms. The van der Waals surface area contributed by atoms with E-state index in [0.717, 1.165) is 78.5 Å². The van der Waals surface area contributed by atoms with Crippen molar-refractivity contribution in [3.63, 3.8) is 0 Å². The molecular weight excluding hydrogens is 520 g/mol. The highest BCUT2D eigenvalue weighted by atomic mass is 35.5. The second-order valence-corrected chi connectivity index (χ2v) is 10.2. The normalized spacial score (nSPS) is 16.7. The number of hydrogen-bond donors (Lipinski definition) is 0. The monoisotopic (exact) mass is 560 g/mol. The van der Waals surface area contributed by atoms with E-state index in [1.54, 1.807) is 0 Å². The zero-order valence-electron chi connectivity index (χ0n) is 24.1. The molecule has 0 heterocycles. The van der Waals surface area contributed by atoms with Gasteiger partial charge in [0.15, 0.2) is 0 Å². The Morgan fingerprint density at radius 1 is 0.600 bits per heavy atom. The summed E-state index contributed by atoms with van der Waals surface area (Å²) in [7, 11) is 0. The topological polar surface area (TPSA) is 49.7 Å². The highest BCUT2D eigenvalue weighted by molar-refractivity contribution is 6.31. The smallest absolute Gasteiger partial charge is 0.129 e. The van der Waals surface area contributed by atoms with Gasteiger partial charge in [-0.05, 0) is 55.0 Å². The average molecular weight is 561 g/mol. The number of benzene rings is 3. The Bertz CT molecular complexity index is 1210. The van der Waals surface area contributed by atoms with Gasteiger partial charge in [-0.15, -0.1) is 0 Å². The molecule has 0 saturated carbocycles. The average Bonchev–Trinajstić information content (AvgIpc) is 3.11. The molecule has 3 aromatic carbocycles. The second kappa shape index (κ2) is 15.0. The van der Waals surface area contributed by atoms with Crippen LogP contribution in [0.3, 0.4) is 0 Å². The number of fused-ring (bicyclic) bond motifs is 3.